The largest absolute Gasteiger partial charge is 0.383 e. The molecule has 1 aromatic rings. The van der Waals surface area contributed by atoms with E-state index < -0.39 is 10.0 Å². The molecule has 1 rings (SSSR count). The highest BCUT2D eigenvalue weighted by molar-refractivity contribution is 7.89. The standard InChI is InChI=1S/C13H23N3O3S/c1-10(2)12(9-19-4)16-20(17,18)13-6-5-11(7-14-3)8-15-13/h5-6,8,10,12,14,16H,7,9H2,1-4H3. The molecule has 1 unspecified atom stereocenters. The maximum Gasteiger partial charge on any atom is 0.258 e. The Morgan fingerprint density at radius 2 is 2.05 bits per heavy atom. The summed E-state index contributed by atoms with van der Waals surface area (Å²) < 4.78 is 32.2. The van der Waals surface area contributed by atoms with E-state index in [4.69, 9.17) is 4.74 Å². The molecule has 0 fully saturated rings. The minimum Gasteiger partial charge on any atom is -0.383 e. The third-order valence-electron chi connectivity index (χ3n) is 2.91. The molecule has 7 heteroatoms. The Bertz CT molecular complexity index is 500. The number of nitrogens with zero attached hydrogens (tertiary/aromatic N) is 1. The first kappa shape index (κ1) is 17.0. The Kier molecular flexibility index (Phi) is 6.54. The summed E-state index contributed by atoms with van der Waals surface area (Å²) in [5.74, 6) is 0.133. The van der Waals surface area contributed by atoms with Crippen LogP contribution in [0.4, 0.5) is 0 Å². The lowest BCUT2D eigenvalue weighted by Gasteiger charge is -2.21. The fraction of sp³-hybridized carbons (Fsp3) is 0.615. The molecule has 0 bridgehead atoms. The second-order valence-corrected chi connectivity index (χ2v) is 6.62. The maximum absolute atomic E-state index is 12.2. The van der Waals surface area contributed by atoms with Crippen LogP contribution in [0.25, 0.3) is 0 Å². The van der Waals surface area contributed by atoms with Gasteiger partial charge in [0.2, 0.25) is 0 Å². The zero-order chi connectivity index (χ0) is 15.2. The second kappa shape index (κ2) is 7.68. The fourth-order valence-corrected chi connectivity index (χ4v) is 2.98. The van der Waals surface area contributed by atoms with Crippen molar-refractivity contribution >= 4 is 10.0 Å². The van der Waals surface area contributed by atoms with E-state index in [9.17, 15) is 8.42 Å². The molecule has 0 aliphatic rings. The lowest BCUT2D eigenvalue weighted by molar-refractivity contribution is 0.157. The van der Waals surface area contributed by atoms with Crippen LogP contribution < -0.4 is 10.0 Å². The maximum atomic E-state index is 12.2. The number of rotatable bonds is 8. The second-order valence-electron chi connectivity index (χ2n) is 4.96. The molecule has 0 aliphatic carbocycles. The number of sulfonamides is 1. The van der Waals surface area contributed by atoms with Crippen LogP contribution in [0.1, 0.15) is 19.4 Å². The van der Waals surface area contributed by atoms with Crippen molar-refractivity contribution in [3.8, 4) is 0 Å². The monoisotopic (exact) mass is 301 g/mol. The minimum atomic E-state index is -3.62. The minimum absolute atomic E-state index is 0.0270. The van der Waals surface area contributed by atoms with Crippen molar-refractivity contribution < 1.29 is 13.2 Å². The van der Waals surface area contributed by atoms with Crippen LogP contribution in [-0.4, -0.2) is 40.2 Å². The van der Waals surface area contributed by atoms with E-state index in [0.717, 1.165) is 5.56 Å². The van der Waals surface area contributed by atoms with E-state index in [0.29, 0.717) is 13.2 Å². The molecule has 20 heavy (non-hydrogen) atoms. The Morgan fingerprint density at radius 3 is 2.50 bits per heavy atom. The van der Waals surface area contributed by atoms with Crippen LogP contribution in [0.3, 0.4) is 0 Å². The van der Waals surface area contributed by atoms with Gasteiger partial charge in [-0.05, 0) is 24.6 Å². The van der Waals surface area contributed by atoms with Gasteiger partial charge in [0.1, 0.15) is 0 Å². The van der Waals surface area contributed by atoms with Gasteiger partial charge < -0.3 is 10.1 Å². The molecule has 114 valence electrons. The van der Waals surface area contributed by atoms with E-state index >= 15 is 0 Å². The molecule has 0 radical (unpaired) electrons. The van der Waals surface area contributed by atoms with E-state index in [-0.39, 0.29) is 17.0 Å². The Hall–Kier alpha value is -1.02. The summed E-state index contributed by atoms with van der Waals surface area (Å²) in [6, 6.07) is 2.99. The highest BCUT2D eigenvalue weighted by Gasteiger charge is 2.23. The highest BCUT2D eigenvalue weighted by atomic mass is 32.2. The summed E-state index contributed by atoms with van der Waals surface area (Å²) in [6.07, 6.45) is 1.56. The van der Waals surface area contributed by atoms with Gasteiger partial charge in [-0.2, -0.15) is 0 Å². The number of methoxy groups -OCH3 is 1. The Balaban J connectivity index is 2.86. The quantitative estimate of drug-likeness (QED) is 0.740. The summed E-state index contributed by atoms with van der Waals surface area (Å²) >= 11 is 0. The molecular weight excluding hydrogens is 278 g/mol. The predicted molar refractivity (Wildman–Crippen MR) is 77.8 cm³/mol. The lowest BCUT2D eigenvalue weighted by Crippen LogP contribution is -2.41. The van der Waals surface area contributed by atoms with Crippen LogP contribution in [0.2, 0.25) is 0 Å². The molecule has 0 amide bonds. The molecule has 0 aromatic carbocycles. The first-order chi connectivity index (χ1) is 9.40. The Morgan fingerprint density at radius 1 is 1.35 bits per heavy atom. The number of pyridine rings is 1. The molecule has 0 saturated heterocycles. The van der Waals surface area contributed by atoms with Gasteiger partial charge in [-0.1, -0.05) is 19.9 Å². The van der Waals surface area contributed by atoms with E-state index in [1.165, 1.54) is 6.07 Å². The van der Waals surface area contributed by atoms with Crippen molar-refractivity contribution in [3.05, 3.63) is 23.9 Å². The van der Waals surface area contributed by atoms with Crippen molar-refractivity contribution in [1.82, 2.24) is 15.0 Å². The highest BCUT2D eigenvalue weighted by Crippen LogP contribution is 2.10. The van der Waals surface area contributed by atoms with Gasteiger partial charge in [0.15, 0.2) is 5.03 Å². The van der Waals surface area contributed by atoms with E-state index in [1.54, 1.807) is 19.4 Å². The van der Waals surface area contributed by atoms with Gasteiger partial charge in [-0.15, -0.1) is 0 Å². The third-order valence-corrected chi connectivity index (χ3v) is 4.32. The SMILES string of the molecule is CNCc1ccc(S(=O)(=O)NC(COC)C(C)C)nc1. The molecular formula is C13H23N3O3S. The van der Waals surface area contributed by atoms with Crippen molar-refractivity contribution in [2.24, 2.45) is 5.92 Å². The van der Waals surface area contributed by atoms with Gasteiger partial charge in [0.25, 0.3) is 10.0 Å². The zero-order valence-corrected chi connectivity index (χ0v) is 13.2. The number of nitrogens with one attached hydrogen (secondary N) is 2. The molecule has 6 nitrogen and oxygen atoms in total. The van der Waals surface area contributed by atoms with E-state index in [2.05, 4.69) is 15.0 Å². The van der Waals surface area contributed by atoms with Crippen LogP contribution in [0.15, 0.2) is 23.4 Å². The van der Waals surface area contributed by atoms with Crippen molar-refractivity contribution in [2.75, 3.05) is 20.8 Å². The van der Waals surface area contributed by atoms with Gasteiger partial charge in [-0.25, -0.2) is 18.1 Å². The summed E-state index contributed by atoms with van der Waals surface area (Å²) in [5, 5.41) is 3.01. The normalized spacial score (nSPS) is 13.7. The van der Waals surface area contributed by atoms with Crippen LogP contribution in [0, 0.1) is 5.92 Å². The van der Waals surface area contributed by atoms with Gasteiger partial charge in [-0.3, -0.25) is 0 Å². The third kappa shape index (κ3) is 4.82. The summed E-state index contributed by atoms with van der Waals surface area (Å²) in [6.45, 7) is 4.86. The average Bonchev–Trinajstić information content (AvgIpc) is 2.39. The summed E-state index contributed by atoms with van der Waals surface area (Å²) in [4.78, 5) is 4.01. The molecule has 0 saturated carbocycles. The molecule has 1 heterocycles. The lowest BCUT2D eigenvalue weighted by atomic mass is 10.1. The molecule has 0 spiro atoms. The number of hydrogen-bond donors (Lipinski definition) is 2. The van der Waals surface area contributed by atoms with Gasteiger partial charge in [0, 0.05) is 25.9 Å². The molecule has 1 atom stereocenters. The van der Waals surface area contributed by atoms with Gasteiger partial charge in [0.05, 0.1) is 6.61 Å². The molecule has 2 N–H and O–H groups in total. The number of aromatic nitrogens is 1. The number of hydrogen-bond acceptors (Lipinski definition) is 5. The summed E-state index contributed by atoms with van der Waals surface area (Å²) in [5.41, 5.74) is 0.934. The topological polar surface area (TPSA) is 80.3 Å². The summed E-state index contributed by atoms with van der Waals surface area (Å²) in [7, 11) is -0.246. The van der Waals surface area contributed by atoms with Crippen molar-refractivity contribution in [1.29, 1.82) is 0 Å². The first-order valence-corrected chi connectivity index (χ1v) is 7.99. The molecule has 0 aliphatic heterocycles. The molecule has 1 aromatic heterocycles. The van der Waals surface area contributed by atoms with Gasteiger partial charge >= 0.3 is 0 Å². The average molecular weight is 301 g/mol. The number of ether oxygens (including phenoxy) is 1. The van der Waals surface area contributed by atoms with Crippen molar-refractivity contribution in [3.63, 3.8) is 0 Å². The Labute approximate surface area is 121 Å². The zero-order valence-electron chi connectivity index (χ0n) is 12.4. The predicted octanol–water partition coefficient (Wildman–Crippen LogP) is 0.750. The van der Waals surface area contributed by atoms with Crippen LogP contribution in [0.5, 0.6) is 0 Å². The van der Waals surface area contributed by atoms with E-state index in [1.807, 2.05) is 20.9 Å². The van der Waals surface area contributed by atoms with Crippen LogP contribution >= 0.6 is 0 Å². The smallest absolute Gasteiger partial charge is 0.258 e. The van der Waals surface area contributed by atoms with Crippen molar-refractivity contribution in [2.45, 2.75) is 31.5 Å². The van der Waals surface area contributed by atoms with Crippen LogP contribution in [-0.2, 0) is 21.3 Å². The fourth-order valence-electron chi connectivity index (χ4n) is 1.68. The first-order valence-electron chi connectivity index (χ1n) is 6.51.